The van der Waals surface area contributed by atoms with E-state index in [1.165, 1.54) is 0 Å². The van der Waals surface area contributed by atoms with Crippen LogP contribution < -0.4 is 10.1 Å². The minimum Gasteiger partial charge on any atom is -0.497 e. The van der Waals surface area contributed by atoms with Crippen molar-refractivity contribution < 1.29 is 4.74 Å². The molecule has 1 heterocycles. The third-order valence-corrected chi connectivity index (χ3v) is 3.15. The molecule has 0 fully saturated rings. The van der Waals surface area contributed by atoms with Crippen LogP contribution in [0.3, 0.4) is 0 Å². The molecular weight excluding hydrogens is 250 g/mol. The standard InChI is InChI=1S/C16H23N3O/c1-12(2)17-9-5-8-16-18-11-15(19-16)13-6-4-7-14(10-13)20-3/h4,6-7,10-12,17H,5,8-9H2,1-3H3,(H,18,19). The summed E-state index contributed by atoms with van der Waals surface area (Å²) in [4.78, 5) is 7.82. The van der Waals surface area contributed by atoms with Crippen LogP contribution >= 0.6 is 0 Å². The van der Waals surface area contributed by atoms with Crippen molar-refractivity contribution in [3.05, 3.63) is 36.3 Å². The minimum absolute atomic E-state index is 0.541. The van der Waals surface area contributed by atoms with Crippen LogP contribution in [0, 0.1) is 0 Å². The van der Waals surface area contributed by atoms with Crippen molar-refractivity contribution in [1.29, 1.82) is 0 Å². The van der Waals surface area contributed by atoms with E-state index in [0.717, 1.165) is 42.2 Å². The highest BCUT2D eigenvalue weighted by atomic mass is 16.5. The number of aromatic amines is 1. The smallest absolute Gasteiger partial charge is 0.119 e. The Hall–Kier alpha value is -1.81. The van der Waals surface area contributed by atoms with Gasteiger partial charge in [0.05, 0.1) is 19.0 Å². The van der Waals surface area contributed by atoms with Crippen molar-refractivity contribution >= 4 is 0 Å². The van der Waals surface area contributed by atoms with Gasteiger partial charge in [-0.1, -0.05) is 26.0 Å². The zero-order valence-corrected chi connectivity index (χ0v) is 12.4. The van der Waals surface area contributed by atoms with E-state index in [4.69, 9.17) is 4.74 Å². The number of hydrogen-bond donors (Lipinski definition) is 2. The fourth-order valence-electron chi connectivity index (χ4n) is 2.07. The van der Waals surface area contributed by atoms with Gasteiger partial charge in [0.15, 0.2) is 0 Å². The summed E-state index contributed by atoms with van der Waals surface area (Å²) in [6, 6.07) is 8.54. The van der Waals surface area contributed by atoms with Crippen molar-refractivity contribution in [1.82, 2.24) is 15.3 Å². The second kappa shape index (κ2) is 7.10. The summed E-state index contributed by atoms with van der Waals surface area (Å²) in [7, 11) is 1.68. The molecule has 2 N–H and O–H groups in total. The maximum absolute atomic E-state index is 5.24. The summed E-state index contributed by atoms with van der Waals surface area (Å²) in [5.41, 5.74) is 2.14. The molecule has 0 aliphatic rings. The fraction of sp³-hybridized carbons (Fsp3) is 0.438. The van der Waals surface area contributed by atoms with Crippen LogP contribution in [0.1, 0.15) is 26.1 Å². The second-order valence-corrected chi connectivity index (χ2v) is 5.19. The van der Waals surface area contributed by atoms with Crippen LogP contribution in [0.25, 0.3) is 11.3 Å². The number of rotatable bonds is 7. The number of H-pyrrole nitrogens is 1. The van der Waals surface area contributed by atoms with Gasteiger partial charge in [-0.05, 0) is 25.1 Å². The van der Waals surface area contributed by atoms with Crippen LogP contribution in [0.2, 0.25) is 0 Å². The first-order chi connectivity index (χ1) is 9.69. The molecule has 4 heteroatoms. The van der Waals surface area contributed by atoms with Gasteiger partial charge in [0.25, 0.3) is 0 Å². The van der Waals surface area contributed by atoms with Crippen molar-refractivity contribution in [2.75, 3.05) is 13.7 Å². The Morgan fingerprint density at radius 2 is 2.20 bits per heavy atom. The van der Waals surface area contributed by atoms with Crippen LogP contribution in [-0.2, 0) is 6.42 Å². The molecule has 4 nitrogen and oxygen atoms in total. The molecule has 0 saturated heterocycles. The second-order valence-electron chi connectivity index (χ2n) is 5.19. The molecule has 0 aliphatic heterocycles. The lowest BCUT2D eigenvalue weighted by molar-refractivity contribution is 0.415. The van der Waals surface area contributed by atoms with E-state index in [1.54, 1.807) is 7.11 Å². The van der Waals surface area contributed by atoms with Crippen molar-refractivity contribution in [3.63, 3.8) is 0 Å². The number of imidazole rings is 1. The highest BCUT2D eigenvalue weighted by molar-refractivity contribution is 5.60. The normalized spacial score (nSPS) is 11.0. The molecule has 0 unspecified atom stereocenters. The largest absolute Gasteiger partial charge is 0.497 e. The number of nitrogens with zero attached hydrogens (tertiary/aromatic N) is 1. The minimum atomic E-state index is 0.541. The molecule has 0 atom stereocenters. The van der Waals surface area contributed by atoms with Gasteiger partial charge in [-0.2, -0.15) is 0 Å². The Morgan fingerprint density at radius 3 is 2.95 bits per heavy atom. The first-order valence-electron chi connectivity index (χ1n) is 7.10. The predicted octanol–water partition coefficient (Wildman–Crippen LogP) is 3.02. The third-order valence-electron chi connectivity index (χ3n) is 3.15. The number of hydrogen-bond acceptors (Lipinski definition) is 3. The zero-order chi connectivity index (χ0) is 14.4. The average Bonchev–Trinajstić information content (AvgIpc) is 2.92. The van der Waals surface area contributed by atoms with E-state index in [0.29, 0.717) is 6.04 Å². The molecule has 0 spiro atoms. The third kappa shape index (κ3) is 4.10. The topological polar surface area (TPSA) is 49.9 Å². The molecular formula is C16H23N3O. The number of aryl methyl sites for hydroxylation is 1. The van der Waals surface area contributed by atoms with Crippen molar-refractivity contribution in [3.8, 4) is 17.0 Å². The predicted molar refractivity (Wildman–Crippen MR) is 82.0 cm³/mol. The van der Waals surface area contributed by atoms with Crippen LogP contribution in [0.5, 0.6) is 5.75 Å². The van der Waals surface area contributed by atoms with Gasteiger partial charge < -0.3 is 15.0 Å². The SMILES string of the molecule is COc1cccc(-c2cnc(CCCNC(C)C)[nH]2)c1. The molecule has 1 aromatic carbocycles. The maximum Gasteiger partial charge on any atom is 0.119 e. The van der Waals surface area contributed by atoms with Gasteiger partial charge in [0.2, 0.25) is 0 Å². The number of methoxy groups -OCH3 is 1. The fourth-order valence-corrected chi connectivity index (χ4v) is 2.07. The molecule has 20 heavy (non-hydrogen) atoms. The first-order valence-corrected chi connectivity index (χ1v) is 7.10. The lowest BCUT2D eigenvalue weighted by Gasteiger charge is -2.06. The van der Waals surface area contributed by atoms with Gasteiger partial charge in [-0.3, -0.25) is 0 Å². The average molecular weight is 273 g/mol. The lowest BCUT2D eigenvalue weighted by Crippen LogP contribution is -2.24. The summed E-state index contributed by atoms with van der Waals surface area (Å²) >= 11 is 0. The number of ether oxygens (including phenoxy) is 1. The van der Waals surface area contributed by atoms with E-state index in [-0.39, 0.29) is 0 Å². The van der Waals surface area contributed by atoms with Gasteiger partial charge in [-0.15, -0.1) is 0 Å². The van der Waals surface area contributed by atoms with Gasteiger partial charge in [0, 0.05) is 18.0 Å². The Kier molecular flexibility index (Phi) is 5.18. The summed E-state index contributed by atoms with van der Waals surface area (Å²) < 4.78 is 5.24. The van der Waals surface area contributed by atoms with Crippen molar-refractivity contribution in [2.24, 2.45) is 0 Å². The molecule has 2 rings (SSSR count). The van der Waals surface area contributed by atoms with Crippen molar-refractivity contribution in [2.45, 2.75) is 32.7 Å². The van der Waals surface area contributed by atoms with E-state index in [1.807, 2.05) is 24.4 Å². The van der Waals surface area contributed by atoms with Gasteiger partial charge in [0.1, 0.15) is 11.6 Å². The van der Waals surface area contributed by atoms with E-state index in [2.05, 4.69) is 35.2 Å². The molecule has 0 aliphatic carbocycles. The monoisotopic (exact) mass is 273 g/mol. The summed E-state index contributed by atoms with van der Waals surface area (Å²) in [5.74, 6) is 1.90. The zero-order valence-electron chi connectivity index (χ0n) is 12.4. The molecule has 108 valence electrons. The summed E-state index contributed by atoms with van der Waals surface area (Å²) in [6.45, 7) is 5.34. The van der Waals surface area contributed by atoms with Gasteiger partial charge in [-0.25, -0.2) is 4.98 Å². The summed E-state index contributed by atoms with van der Waals surface area (Å²) in [6.07, 6.45) is 3.94. The van der Waals surface area contributed by atoms with E-state index >= 15 is 0 Å². The molecule has 0 saturated carbocycles. The Labute approximate surface area is 120 Å². The molecule has 1 aromatic heterocycles. The van der Waals surface area contributed by atoms with Crippen LogP contribution in [0.4, 0.5) is 0 Å². The number of benzene rings is 1. The Balaban J connectivity index is 1.94. The first kappa shape index (κ1) is 14.6. The molecule has 2 aromatic rings. The number of nitrogens with one attached hydrogen (secondary N) is 2. The Bertz CT molecular complexity index is 534. The quantitative estimate of drug-likeness (QED) is 0.762. The lowest BCUT2D eigenvalue weighted by atomic mass is 10.1. The van der Waals surface area contributed by atoms with Crippen LogP contribution in [-0.4, -0.2) is 29.7 Å². The highest BCUT2D eigenvalue weighted by Gasteiger charge is 2.04. The van der Waals surface area contributed by atoms with Gasteiger partial charge >= 0.3 is 0 Å². The molecule has 0 bridgehead atoms. The number of aromatic nitrogens is 2. The van der Waals surface area contributed by atoms with E-state index in [9.17, 15) is 0 Å². The maximum atomic E-state index is 5.24. The van der Waals surface area contributed by atoms with E-state index < -0.39 is 0 Å². The highest BCUT2D eigenvalue weighted by Crippen LogP contribution is 2.22. The Morgan fingerprint density at radius 1 is 1.35 bits per heavy atom. The van der Waals surface area contributed by atoms with Crippen LogP contribution in [0.15, 0.2) is 30.5 Å². The summed E-state index contributed by atoms with van der Waals surface area (Å²) in [5, 5.41) is 3.41. The molecule has 0 amide bonds. The molecule has 0 radical (unpaired) electrons.